The summed E-state index contributed by atoms with van der Waals surface area (Å²) in [5.74, 6) is 0. The molecule has 3 rings (SSSR count). The second-order valence-electron chi connectivity index (χ2n) is 4.67. The van der Waals surface area contributed by atoms with Crippen LogP contribution in [0.3, 0.4) is 0 Å². The zero-order chi connectivity index (χ0) is 9.26. The van der Waals surface area contributed by atoms with Gasteiger partial charge in [0.2, 0.25) is 0 Å². The van der Waals surface area contributed by atoms with Gasteiger partial charge in [-0.1, -0.05) is 13.3 Å². The molecule has 3 saturated heterocycles. The van der Waals surface area contributed by atoms with Crippen LogP contribution in [-0.4, -0.2) is 48.6 Å². The molecule has 2 atom stereocenters. The Bertz CT molecular complexity index is 169. The molecule has 2 unspecified atom stereocenters. The minimum atomic E-state index is 0.852. The summed E-state index contributed by atoms with van der Waals surface area (Å²) in [7, 11) is 2.30. The van der Waals surface area contributed by atoms with Gasteiger partial charge < -0.3 is 4.90 Å². The van der Waals surface area contributed by atoms with Gasteiger partial charge >= 0.3 is 0 Å². The molecule has 76 valence electrons. The Morgan fingerprint density at radius 1 is 1.15 bits per heavy atom. The first-order chi connectivity index (χ1) is 6.31. The molecule has 0 N–H and O–H groups in total. The molecule has 0 saturated carbocycles. The molecule has 3 aliphatic heterocycles. The lowest BCUT2D eigenvalue weighted by Gasteiger charge is -2.42. The highest BCUT2D eigenvalue weighted by atomic mass is 15.3. The summed E-state index contributed by atoms with van der Waals surface area (Å²) in [6, 6.07) is 1.72. The second-order valence-corrected chi connectivity index (χ2v) is 4.67. The van der Waals surface area contributed by atoms with E-state index in [-0.39, 0.29) is 0 Å². The van der Waals surface area contributed by atoms with Gasteiger partial charge in [-0.05, 0) is 32.9 Å². The summed E-state index contributed by atoms with van der Waals surface area (Å²) in [5.41, 5.74) is 0. The normalized spacial score (nSPS) is 36.5. The Hall–Kier alpha value is -0.0800. The Kier molecular flexibility index (Phi) is 2.89. The minimum absolute atomic E-state index is 0.852. The lowest BCUT2D eigenvalue weighted by Crippen LogP contribution is -2.54. The average Bonchev–Trinajstić information content (AvgIpc) is 2.38. The van der Waals surface area contributed by atoms with Crippen molar-refractivity contribution in [3.63, 3.8) is 0 Å². The highest BCUT2D eigenvalue weighted by molar-refractivity contribution is 4.90. The van der Waals surface area contributed by atoms with Crippen molar-refractivity contribution < 1.29 is 0 Å². The SMILES string of the molecule is CCCN1CC2CCCC1CN2C. The molecular formula is C11H22N2. The van der Waals surface area contributed by atoms with Crippen LogP contribution in [0, 0.1) is 0 Å². The van der Waals surface area contributed by atoms with Crippen LogP contribution in [0.4, 0.5) is 0 Å². The molecule has 0 spiro atoms. The van der Waals surface area contributed by atoms with Crippen LogP contribution in [-0.2, 0) is 0 Å². The van der Waals surface area contributed by atoms with Crippen LogP contribution < -0.4 is 0 Å². The lowest BCUT2D eigenvalue weighted by atomic mass is 10.1. The van der Waals surface area contributed by atoms with E-state index in [4.69, 9.17) is 0 Å². The summed E-state index contributed by atoms with van der Waals surface area (Å²) in [6.45, 7) is 6.25. The van der Waals surface area contributed by atoms with Crippen LogP contribution in [0.5, 0.6) is 0 Å². The second kappa shape index (κ2) is 3.97. The number of piperazine rings is 1. The summed E-state index contributed by atoms with van der Waals surface area (Å²) in [6.07, 6.45) is 5.61. The fourth-order valence-corrected chi connectivity index (χ4v) is 2.89. The number of nitrogens with zero attached hydrogens (tertiary/aromatic N) is 2. The lowest BCUT2D eigenvalue weighted by molar-refractivity contribution is 0.0603. The van der Waals surface area contributed by atoms with Crippen LogP contribution in [0.15, 0.2) is 0 Å². The van der Waals surface area contributed by atoms with Gasteiger partial charge in [0, 0.05) is 25.2 Å². The summed E-state index contributed by atoms with van der Waals surface area (Å²) in [5, 5.41) is 0. The first-order valence-corrected chi connectivity index (χ1v) is 5.75. The van der Waals surface area contributed by atoms with Gasteiger partial charge in [-0.3, -0.25) is 4.90 Å². The van der Waals surface area contributed by atoms with E-state index in [0.717, 1.165) is 12.1 Å². The van der Waals surface area contributed by atoms with Gasteiger partial charge in [0.05, 0.1) is 0 Å². The smallest absolute Gasteiger partial charge is 0.0223 e. The highest BCUT2D eigenvalue weighted by Crippen LogP contribution is 2.26. The number of fused-ring (bicyclic) bond motifs is 4. The van der Waals surface area contributed by atoms with Crippen molar-refractivity contribution >= 4 is 0 Å². The van der Waals surface area contributed by atoms with E-state index >= 15 is 0 Å². The van der Waals surface area contributed by atoms with Gasteiger partial charge in [0.25, 0.3) is 0 Å². The first kappa shape index (κ1) is 9.47. The Morgan fingerprint density at radius 2 is 1.92 bits per heavy atom. The van der Waals surface area contributed by atoms with Crippen molar-refractivity contribution in [1.29, 1.82) is 0 Å². The fraction of sp³-hybridized carbons (Fsp3) is 1.00. The third-order valence-corrected chi connectivity index (χ3v) is 3.67. The van der Waals surface area contributed by atoms with Gasteiger partial charge in [0.15, 0.2) is 0 Å². The standard InChI is InChI=1S/C11H22N2/c1-3-7-13-9-10-5-4-6-11(13)8-12(10)2/h10-11H,3-9H2,1-2H3. The summed E-state index contributed by atoms with van der Waals surface area (Å²) < 4.78 is 0. The third kappa shape index (κ3) is 1.89. The maximum absolute atomic E-state index is 2.72. The minimum Gasteiger partial charge on any atom is -0.301 e. The molecule has 0 aliphatic carbocycles. The third-order valence-electron chi connectivity index (χ3n) is 3.67. The Balaban J connectivity index is 2.02. The van der Waals surface area contributed by atoms with Crippen LogP contribution in [0.2, 0.25) is 0 Å². The Morgan fingerprint density at radius 3 is 2.69 bits per heavy atom. The molecule has 3 heterocycles. The zero-order valence-electron chi connectivity index (χ0n) is 9.00. The van der Waals surface area contributed by atoms with E-state index in [1.54, 1.807) is 0 Å². The average molecular weight is 182 g/mol. The van der Waals surface area contributed by atoms with Crippen molar-refractivity contribution in [2.75, 3.05) is 26.7 Å². The summed E-state index contributed by atoms with van der Waals surface area (Å²) >= 11 is 0. The predicted molar refractivity (Wildman–Crippen MR) is 55.9 cm³/mol. The van der Waals surface area contributed by atoms with E-state index in [9.17, 15) is 0 Å². The number of hydrogen-bond acceptors (Lipinski definition) is 2. The first-order valence-electron chi connectivity index (χ1n) is 5.75. The van der Waals surface area contributed by atoms with E-state index < -0.39 is 0 Å². The molecule has 2 nitrogen and oxygen atoms in total. The molecule has 0 aromatic rings. The van der Waals surface area contributed by atoms with Crippen LogP contribution >= 0.6 is 0 Å². The van der Waals surface area contributed by atoms with Gasteiger partial charge in [-0.2, -0.15) is 0 Å². The molecule has 3 aliphatic rings. The number of likely N-dealkylation sites (N-methyl/N-ethyl adjacent to an activating group) is 1. The number of rotatable bonds is 2. The van der Waals surface area contributed by atoms with Crippen molar-refractivity contribution in [2.24, 2.45) is 0 Å². The van der Waals surface area contributed by atoms with E-state index in [1.807, 2.05) is 0 Å². The number of hydrogen-bond donors (Lipinski definition) is 0. The molecule has 0 amide bonds. The van der Waals surface area contributed by atoms with E-state index in [2.05, 4.69) is 23.8 Å². The van der Waals surface area contributed by atoms with Gasteiger partial charge in [0.1, 0.15) is 0 Å². The predicted octanol–water partition coefficient (Wildman–Crippen LogP) is 1.56. The van der Waals surface area contributed by atoms with Crippen molar-refractivity contribution in [1.82, 2.24) is 9.80 Å². The molecule has 13 heavy (non-hydrogen) atoms. The van der Waals surface area contributed by atoms with Crippen molar-refractivity contribution in [3.8, 4) is 0 Å². The molecule has 3 fully saturated rings. The van der Waals surface area contributed by atoms with Crippen LogP contribution in [0.1, 0.15) is 32.6 Å². The van der Waals surface area contributed by atoms with E-state index in [1.165, 1.54) is 45.3 Å². The Labute approximate surface area is 81.9 Å². The molecule has 0 aromatic carbocycles. The van der Waals surface area contributed by atoms with E-state index in [0.29, 0.717) is 0 Å². The topological polar surface area (TPSA) is 6.48 Å². The van der Waals surface area contributed by atoms with Crippen molar-refractivity contribution in [3.05, 3.63) is 0 Å². The van der Waals surface area contributed by atoms with Gasteiger partial charge in [-0.25, -0.2) is 0 Å². The maximum Gasteiger partial charge on any atom is 0.0223 e. The zero-order valence-corrected chi connectivity index (χ0v) is 9.00. The fourth-order valence-electron chi connectivity index (χ4n) is 2.89. The monoisotopic (exact) mass is 182 g/mol. The van der Waals surface area contributed by atoms with Crippen LogP contribution in [0.25, 0.3) is 0 Å². The molecule has 0 radical (unpaired) electrons. The largest absolute Gasteiger partial charge is 0.301 e. The molecular weight excluding hydrogens is 160 g/mol. The summed E-state index contributed by atoms with van der Waals surface area (Å²) in [4.78, 5) is 5.29. The quantitative estimate of drug-likeness (QED) is 0.639. The molecule has 2 heteroatoms. The van der Waals surface area contributed by atoms with Crippen molar-refractivity contribution in [2.45, 2.75) is 44.7 Å². The molecule has 0 aromatic heterocycles. The highest BCUT2D eigenvalue weighted by Gasteiger charge is 2.33. The maximum atomic E-state index is 2.72. The van der Waals surface area contributed by atoms with Gasteiger partial charge in [-0.15, -0.1) is 0 Å². The molecule has 2 bridgehead atoms.